The molecule has 1 aliphatic rings. The first-order valence-electron chi connectivity index (χ1n) is 10.9. The molecule has 3 aromatic rings. The van der Waals surface area contributed by atoms with Crippen molar-refractivity contribution in [3.63, 3.8) is 0 Å². The van der Waals surface area contributed by atoms with Gasteiger partial charge in [0.2, 0.25) is 5.91 Å². The number of carbonyl (C=O) groups excluding carboxylic acids is 2. The number of nitrogens with one attached hydrogen (secondary N) is 1. The number of nitrogens with zero attached hydrogens (tertiary/aromatic N) is 2. The lowest BCUT2D eigenvalue weighted by Crippen LogP contribution is -2.39. The second-order valence-corrected chi connectivity index (χ2v) is 8.37. The van der Waals surface area contributed by atoms with Crippen molar-refractivity contribution in [2.45, 2.75) is 25.4 Å². The smallest absolute Gasteiger partial charge is 0.252 e. The molecule has 4 rings (SSSR count). The van der Waals surface area contributed by atoms with Crippen LogP contribution >= 0.6 is 12.2 Å². The predicted octanol–water partition coefficient (Wildman–Crippen LogP) is 4.53. The number of benzene rings is 3. The van der Waals surface area contributed by atoms with E-state index in [0.29, 0.717) is 22.8 Å². The van der Waals surface area contributed by atoms with Crippen LogP contribution in [0.4, 0.5) is 14.5 Å². The van der Waals surface area contributed by atoms with E-state index in [9.17, 15) is 18.4 Å². The summed E-state index contributed by atoms with van der Waals surface area (Å²) >= 11 is 5.62. The molecule has 0 spiro atoms. The molecule has 1 atom stereocenters. The van der Waals surface area contributed by atoms with Crippen LogP contribution in [0, 0.1) is 11.6 Å². The highest BCUT2D eigenvalue weighted by molar-refractivity contribution is 7.80. The third-order valence-corrected chi connectivity index (χ3v) is 6.13. The van der Waals surface area contributed by atoms with Gasteiger partial charge in [0.05, 0.1) is 13.0 Å². The van der Waals surface area contributed by atoms with Gasteiger partial charge in [-0.3, -0.25) is 14.5 Å². The summed E-state index contributed by atoms with van der Waals surface area (Å²) in [6, 6.07) is 20.5. The van der Waals surface area contributed by atoms with E-state index < -0.39 is 17.8 Å². The number of amides is 2. The molecule has 174 valence electrons. The molecule has 5 nitrogen and oxygen atoms in total. The Morgan fingerprint density at radius 1 is 0.941 bits per heavy atom. The van der Waals surface area contributed by atoms with Gasteiger partial charge in [0.25, 0.3) is 5.91 Å². The standard InChI is InChI=1S/C26H23F2N3O2S/c27-20-10-12-21(13-11-20)29-24(32)16-23-25(33)31(17-18-6-2-1-3-7-18)26(34)30(23)15-14-19-8-4-5-9-22(19)28/h1-13,23H,14-17H2,(H,29,32). The molecule has 8 heteroatoms. The fourth-order valence-corrected chi connectivity index (χ4v) is 4.29. The van der Waals surface area contributed by atoms with Crippen molar-refractivity contribution in [2.24, 2.45) is 0 Å². The lowest BCUT2D eigenvalue weighted by atomic mass is 10.1. The summed E-state index contributed by atoms with van der Waals surface area (Å²) < 4.78 is 27.3. The monoisotopic (exact) mass is 479 g/mol. The van der Waals surface area contributed by atoms with E-state index >= 15 is 0 Å². The highest BCUT2D eigenvalue weighted by Crippen LogP contribution is 2.24. The molecule has 0 radical (unpaired) electrons. The lowest BCUT2D eigenvalue weighted by Gasteiger charge is -2.24. The average Bonchev–Trinajstić information content (AvgIpc) is 3.04. The number of halogens is 2. The number of thiocarbonyl (C=S) groups is 1. The van der Waals surface area contributed by atoms with Crippen molar-refractivity contribution in [2.75, 3.05) is 11.9 Å². The molecule has 0 aromatic heterocycles. The van der Waals surface area contributed by atoms with Crippen molar-refractivity contribution >= 4 is 34.8 Å². The Morgan fingerprint density at radius 2 is 1.62 bits per heavy atom. The molecular formula is C26H23F2N3O2S. The second-order valence-electron chi connectivity index (χ2n) is 8.00. The van der Waals surface area contributed by atoms with Crippen molar-refractivity contribution in [3.8, 4) is 0 Å². The van der Waals surface area contributed by atoms with Gasteiger partial charge >= 0.3 is 0 Å². The maximum atomic E-state index is 14.2. The van der Waals surface area contributed by atoms with Gasteiger partial charge in [-0.1, -0.05) is 48.5 Å². The van der Waals surface area contributed by atoms with Gasteiger partial charge in [0.1, 0.15) is 17.7 Å². The maximum absolute atomic E-state index is 14.2. The maximum Gasteiger partial charge on any atom is 0.252 e. The van der Waals surface area contributed by atoms with Crippen molar-refractivity contribution in [3.05, 3.63) is 102 Å². The Bertz CT molecular complexity index is 1190. The fraction of sp³-hybridized carbons (Fsp3) is 0.192. The van der Waals surface area contributed by atoms with Crippen LogP contribution in [0.3, 0.4) is 0 Å². The molecule has 0 aliphatic carbocycles. The van der Waals surface area contributed by atoms with Crippen LogP contribution in [0.2, 0.25) is 0 Å². The fourth-order valence-electron chi connectivity index (χ4n) is 3.92. The number of carbonyl (C=O) groups is 2. The Labute approximate surface area is 202 Å². The summed E-state index contributed by atoms with van der Waals surface area (Å²) in [5, 5.41) is 3.00. The lowest BCUT2D eigenvalue weighted by molar-refractivity contribution is -0.131. The zero-order valence-corrected chi connectivity index (χ0v) is 19.1. The molecular weight excluding hydrogens is 456 g/mol. The van der Waals surface area contributed by atoms with Crippen molar-refractivity contribution in [1.82, 2.24) is 9.80 Å². The van der Waals surface area contributed by atoms with Gasteiger partial charge in [-0.25, -0.2) is 8.78 Å². The molecule has 1 heterocycles. The van der Waals surface area contributed by atoms with Gasteiger partial charge in [-0.05, 0) is 60.1 Å². The first-order chi connectivity index (χ1) is 16.4. The van der Waals surface area contributed by atoms with Gasteiger partial charge in [-0.2, -0.15) is 0 Å². The van der Waals surface area contributed by atoms with E-state index in [4.69, 9.17) is 12.2 Å². The summed E-state index contributed by atoms with van der Waals surface area (Å²) in [7, 11) is 0. The number of rotatable bonds is 8. The first-order valence-corrected chi connectivity index (χ1v) is 11.3. The van der Waals surface area contributed by atoms with E-state index in [-0.39, 0.29) is 31.2 Å². The Hall–Kier alpha value is -3.65. The Balaban J connectivity index is 1.52. The topological polar surface area (TPSA) is 52.7 Å². The van der Waals surface area contributed by atoms with Crippen LogP contribution in [0.25, 0.3) is 0 Å². The SMILES string of the molecule is O=C(CC1C(=O)N(Cc2ccccc2)C(=S)N1CCc1ccccc1F)Nc1ccc(F)cc1. The number of hydrogen-bond acceptors (Lipinski definition) is 3. The third-order valence-electron chi connectivity index (χ3n) is 5.67. The minimum absolute atomic E-state index is 0.140. The van der Waals surface area contributed by atoms with Crippen LogP contribution in [0.5, 0.6) is 0 Å². The van der Waals surface area contributed by atoms with Crippen LogP contribution in [0.15, 0.2) is 78.9 Å². The van der Waals surface area contributed by atoms with E-state index in [1.807, 2.05) is 30.3 Å². The summed E-state index contributed by atoms with van der Waals surface area (Å²) in [5.41, 5.74) is 1.84. The summed E-state index contributed by atoms with van der Waals surface area (Å²) in [6.07, 6.45) is 0.189. The van der Waals surface area contributed by atoms with E-state index in [1.54, 1.807) is 23.1 Å². The van der Waals surface area contributed by atoms with Crippen molar-refractivity contribution < 1.29 is 18.4 Å². The summed E-state index contributed by atoms with van der Waals surface area (Å²) in [6.45, 7) is 0.566. The summed E-state index contributed by atoms with van der Waals surface area (Å²) in [4.78, 5) is 29.3. The van der Waals surface area contributed by atoms with E-state index in [2.05, 4.69) is 5.32 Å². The number of hydrogen-bond donors (Lipinski definition) is 1. The first kappa shape index (κ1) is 23.5. The second kappa shape index (κ2) is 10.5. The molecule has 34 heavy (non-hydrogen) atoms. The highest BCUT2D eigenvalue weighted by atomic mass is 32.1. The highest BCUT2D eigenvalue weighted by Gasteiger charge is 2.43. The zero-order chi connectivity index (χ0) is 24.1. The number of anilines is 1. The van der Waals surface area contributed by atoms with Crippen molar-refractivity contribution in [1.29, 1.82) is 0 Å². The minimum Gasteiger partial charge on any atom is -0.336 e. The van der Waals surface area contributed by atoms with Gasteiger partial charge in [0, 0.05) is 12.2 Å². The molecule has 1 N–H and O–H groups in total. The molecule has 1 aliphatic heterocycles. The van der Waals surface area contributed by atoms with Crippen LogP contribution < -0.4 is 5.32 Å². The molecule has 0 bridgehead atoms. The predicted molar refractivity (Wildman–Crippen MR) is 130 cm³/mol. The van der Waals surface area contributed by atoms with Gasteiger partial charge in [-0.15, -0.1) is 0 Å². The third kappa shape index (κ3) is 5.46. The molecule has 1 saturated heterocycles. The van der Waals surface area contributed by atoms with Crippen LogP contribution in [-0.4, -0.2) is 39.3 Å². The average molecular weight is 480 g/mol. The molecule has 1 unspecified atom stereocenters. The molecule has 2 amide bonds. The quantitative estimate of drug-likeness (QED) is 0.483. The van der Waals surface area contributed by atoms with Crippen LogP contribution in [-0.2, 0) is 22.6 Å². The van der Waals surface area contributed by atoms with E-state index in [1.165, 1.54) is 35.2 Å². The minimum atomic E-state index is -0.816. The molecule has 3 aromatic carbocycles. The summed E-state index contributed by atoms with van der Waals surface area (Å²) in [5.74, 6) is -1.42. The Kier molecular flexibility index (Phi) is 7.27. The molecule has 1 fully saturated rings. The molecule has 0 saturated carbocycles. The van der Waals surface area contributed by atoms with Gasteiger partial charge in [0.15, 0.2) is 5.11 Å². The zero-order valence-electron chi connectivity index (χ0n) is 18.3. The van der Waals surface area contributed by atoms with Crippen LogP contribution in [0.1, 0.15) is 17.5 Å². The normalized spacial score (nSPS) is 15.6. The largest absolute Gasteiger partial charge is 0.336 e. The Morgan fingerprint density at radius 3 is 2.32 bits per heavy atom. The van der Waals surface area contributed by atoms with E-state index in [0.717, 1.165) is 5.56 Å². The van der Waals surface area contributed by atoms with Gasteiger partial charge < -0.3 is 10.2 Å².